The second kappa shape index (κ2) is 12.2. The lowest BCUT2D eigenvalue weighted by atomic mass is 9.99. The van der Waals surface area contributed by atoms with E-state index >= 15 is 0 Å². The maximum atomic E-state index is 12.7. The summed E-state index contributed by atoms with van der Waals surface area (Å²) >= 11 is 0. The van der Waals surface area contributed by atoms with Crippen molar-refractivity contribution in [2.75, 3.05) is 6.61 Å². The molecule has 0 fully saturated rings. The first kappa shape index (κ1) is 25.9. The molecule has 0 N–H and O–H groups in total. The highest BCUT2D eigenvalue weighted by Gasteiger charge is 2.20. The quantitative estimate of drug-likeness (QED) is 0.245. The summed E-state index contributed by atoms with van der Waals surface area (Å²) in [5.74, 6) is 0.0318. The fourth-order valence-electron chi connectivity index (χ4n) is 4.23. The maximum Gasteiger partial charge on any atom is 0.310 e. The van der Waals surface area contributed by atoms with E-state index in [9.17, 15) is 9.59 Å². The molecule has 0 amide bonds. The third-order valence-electron chi connectivity index (χ3n) is 6.09. The van der Waals surface area contributed by atoms with E-state index < -0.39 is 0 Å². The molecule has 6 nitrogen and oxygen atoms in total. The number of ether oxygens (including phenoxy) is 2. The first-order valence-electron chi connectivity index (χ1n) is 12.5. The Labute approximate surface area is 217 Å². The number of aromatic nitrogens is 1. The Hall–Kier alpha value is -4.19. The highest BCUT2D eigenvalue weighted by molar-refractivity contribution is 5.78. The normalized spacial score (nSPS) is 11.6. The number of esters is 2. The van der Waals surface area contributed by atoms with E-state index in [1.807, 2.05) is 92.7 Å². The molecule has 37 heavy (non-hydrogen) atoms. The molecular weight excluding hydrogens is 466 g/mol. The van der Waals surface area contributed by atoms with Gasteiger partial charge in [-0.05, 0) is 43.0 Å². The molecule has 0 aliphatic heterocycles. The van der Waals surface area contributed by atoms with Crippen molar-refractivity contribution in [1.29, 1.82) is 0 Å². The van der Waals surface area contributed by atoms with Crippen LogP contribution in [0.3, 0.4) is 0 Å². The molecule has 6 heteroatoms. The molecule has 0 radical (unpaired) electrons. The van der Waals surface area contributed by atoms with Crippen LogP contribution in [-0.4, -0.2) is 29.8 Å². The minimum atomic E-state index is -0.310. The van der Waals surface area contributed by atoms with E-state index in [0.29, 0.717) is 24.5 Å². The molecule has 190 valence electrons. The molecule has 1 atom stereocenters. The van der Waals surface area contributed by atoms with Gasteiger partial charge in [0.05, 0.1) is 25.1 Å². The van der Waals surface area contributed by atoms with Crippen LogP contribution in [0.25, 0.3) is 22.5 Å². The summed E-state index contributed by atoms with van der Waals surface area (Å²) in [6, 6.07) is 25.7. The Balaban J connectivity index is 1.41. The zero-order valence-corrected chi connectivity index (χ0v) is 21.4. The van der Waals surface area contributed by atoms with Crippen molar-refractivity contribution in [1.82, 2.24) is 5.16 Å². The number of aryl methyl sites for hydroxylation is 1. The third-order valence-corrected chi connectivity index (χ3v) is 6.09. The van der Waals surface area contributed by atoms with E-state index in [4.69, 9.17) is 14.0 Å². The number of carbonyl (C=O) groups is 2. The molecule has 0 aliphatic rings. The Morgan fingerprint density at radius 1 is 0.811 bits per heavy atom. The number of hydrogen-bond donors (Lipinski definition) is 0. The summed E-state index contributed by atoms with van der Waals surface area (Å²) in [7, 11) is 0. The van der Waals surface area contributed by atoms with E-state index in [1.54, 1.807) is 6.92 Å². The van der Waals surface area contributed by atoms with Crippen molar-refractivity contribution in [2.45, 2.75) is 46.1 Å². The van der Waals surface area contributed by atoms with Crippen molar-refractivity contribution in [3.05, 3.63) is 101 Å². The van der Waals surface area contributed by atoms with Gasteiger partial charge in [0.2, 0.25) is 0 Å². The number of nitrogens with zero attached hydrogens (tertiary/aromatic N) is 1. The van der Waals surface area contributed by atoms with E-state index in [-0.39, 0.29) is 30.9 Å². The average Bonchev–Trinajstić information content (AvgIpc) is 3.25. The number of carbonyl (C=O) groups excluding carboxylic acids is 2. The van der Waals surface area contributed by atoms with Crippen molar-refractivity contribution < 1.29 is 23.6 Å². The van der Waals surface area contributed by atoms with Gasteiger partial charge >= 0.3 is 11.9 Å². The van der Waals surface area contributed by atoms with Crippen molar-refractivity contribution >= 4 is 11.9 Å². The number of rotatable bonds is 10. The van der Waals surface area contributed by atoms with E-state index in [2.05, 4.69) is 5.16 Å². The summed E-state index contributed by atoms with van der Waals surface area (Å²) in [6.45, 7) is 5.90. The van der Waals surface area contributed by atoms with Gasteiger partial charge in [0.15, 0.2) is 5.76 Å². The van der Waals surface area contributed by atoms with Gasteiger partial charge in [-0.3, -0.25) is 9.59 Å². The molecule has 1 heterocycles. The summed E-state index contributed by atoms with van der Waals surface area (Å²) < 4.78 is 16.3. The zero-order chi connectivity index (χ0) is 26.2. The molecule has 1 unspecified atom stereocenters. The van der Waals surface area contributed by atoms with E-state index in [0.717, 1.165) is 33.4 Å². The zero-order valence-electron chi connectivity index (χ0n) is 21.4. The molecule has 0 spiro atoms. The van der Waals surface area contributed by atoms with Gasteiger partial charge in [-0.2, -0.15) is 0 Å². The monoisotopic (exact) mass is 497 g/mol. The van der Waals surface area contributed by atoms with Crippen LogP contribution in [0.4, 0.5) is 0 Å². The molecule has 0 saturated carbocycles. The van der Waals surface area contributed by atoms with Crippen LogP contribution in [0.5, 0.6) is 0 Å². The number of hydrogen-bond acceptors (Lipinski definition) is 6. The summed E-state index contributed by atoms with van der Waals surface area (Å²) in [6.07, 6.45) is 0.774. The van der Waals surface area contributed by atoms with E-state index in [1.165, 1.54) is 0 Å². The fourth-order valence-corrected chi connectivity index (χ4v) is 4.23. The lowest BCUT2D eigenvalue weighted by molar-refractivity contribution is -0.147. The molecule has 0 aliphatic carbocycles. The Morgan fingerprint density at radius 3 is 2.08 bits per heavy atom. The van der Waals surface area contributed by atoms with Crippen LogP contribution >= 0.6 is 0 Å². The fraction of sp³-hybridized carbons (Fsp3) is 0.258. The van der Waals surface area contributed by atoms with Crippen LogP contribution < -0.4 is 0 Å². The molecule has 0 bridgehead atoms. The van der Waals surface area contributed by atoms with Crippen LogP contribution in [0.2, 0.25) is 0 Å². The molecule has 3 aromatic carbocycles. The Morgan fingerprint density at radius 2 is 1.43 bits per heavy atom. The van der Waals surface area contributed by atoms with Gasteiger partial charge in [-0.15, -0.1) is 0 Å². The van der Waals surface area contributed by atoms with Crippen LogP contribution in [0.1, 0.15) is 36.2 Å². The first-order valence-corrected chi connectivity index (χ1v) is 12.5. The maximum absolute atomic E-state index is 12.7. The van der Waals surface area contributed by atoms with Crippen molar-refractivity contribution in [3.8, 4) is 22.5 Å². The second-order valence-electron chi connectivity index (χ2n) is 9.00. The predicted octanol–water partition coefficient (Wildman–Crippen LogP) is 6.14. The van der Waals surface area contributed by atoms with Crippen molar-refractivity contribution in [3.63, 3.8) is 0 Å². The van der Waals surface area contributed by atoms with Crippen LogP contribution in [-0.2, 0) is 38.3 Å². The standard InChI is InChI=1S/C31H31NO5/c1-4-35-29(33)19-24-10-12-25(13-11-24)26-14-16-27(17-15-26)31-28(22(3)32-37-31)20-30(34)36-21(2)18-23-8-6-5-7-9-23/h5-17,21H,4,18-20H2,1-3H3. The Kier molecular flexibility index (Phi) is 8.52. The summed E-state index contributed by atoms with van der Waals surface area (Å²) in [5.41, 5.74) is 6.33. The lowest BCUT2D eigenvalue weighted by Gasteiger charge is -2.13. The predicted molar refractivity (Wildman–Crippen MR) is 142 cm³/mol. The number of benzene rings is 3. The first-order chi connectivity index (χ1) is 17.9. The van der Waals surface area contributed by atoms with Crippen molar-refractivity contribution in [2.24, 2.45) is 0 Å². The molecule has 1 aromatic heterocycles. The summed E-state index contributed by atoms with van der Waals surface area (Å²) in [4.78, 5) is 24.4. The van der Waals surface area contributed by atoms with Crippen LogP contribution in [0, 0.1) is 6.92 Å². The van der Waals surface area contributed by atoms with Gasteiger partial charge in [0.1, 0.15) is 6.10 Å². The van der Waals surface area contributed by atoms with Crippen LogP contribution in [0.15, 0.2) is 83.4 Å². The van der Waals surface area contributed by atoms with Gasteiger partial charge in [-0.1, -0.05) is 84.0 Å². The van der Waals surface area contributed by atoms with Gasteiger partial charge < -0.3 is 14.0 Å². The minimum Gasteiger partial charge on any atom is -0.466 e. The SMILES string of the molecule is CCOC(=O)Cc1ccc(-c2ccc(-c3onc(C)c3CC(=O)OC(C)Cc3ccccc3)cc2)cc1. The largest absolute Gasteiger partial charge is 0.466 e. The molecule has 4 rings (SSSR count). The lowest BCUT2D eigenvalue weighted by Crippen LogP contribution is -2.19. The average molecular weight is 498 g/mol. The second-order valence-corrected chi connectivity index (χ2v) is 9.00. The molecular formula is C31H31NO5. The highest BCUT2D eigenvalue weighted by Crippen LogP contribution is 2.29. The highest BCUT2D eigenvalue weighted by atomic mass is 16.5. The Bertz CT molecular complexity index is 1320. The third kappa shape index (κ3) is 6.94. The molecule has 0 saturated heterocycles. The minimum absolute atomic E-state index is 0.0907. The molecule has 4 aromatic rings. The van der Waals surface area contributed by atoms with Gasteiger partial charge in [-0.25, -0.2) is 0 Å². The summed E-state index contributed by atoms with van der Waals surface area (Å²) in [5, 5.41) is 4.10. The van der Waals surface area contributed by atoms with Gasteiger partial charge in [0, 0.05) is 17.5 Å². The van der Waals surface area contributed by atoms with Gasteiger partial charge in [0.25, 0.3) is 0 Å². The smallest absolute Gasteiger partial charge is 0.310 e. The topological polar surface area (TPSA) is 78.6 Å².